The number of hydrogen-bond donors (Lipinski definition) is 8. The van der Waals surface area contributed by atoms with Crippen molar-refractivity contribution in [3.8, 4) is 11.1 Å². The molecule has 4 aromatic carbocycles. The van der Waals surface area contributed by atoms with E-state index in [0.29, 0.717) is 12.8 Å². The molecule has 0 aromatic heterocycles. The van der Waals surface area contributed by atoms with E-state index in [9.17, 15) is 47.9 Å². The van der Waals surface area contributed by atoms with E-state index in [1.807, 2.05) is 90.1 Å². The molecule has 90 heavy (non-hydrogen) atoms. The monoisotopic (exact) mass is 1230 g/mol. The maximum atomic E-state index is 14.6. The molecule has 482 valence electrons. The molecule has 8 rings (SSSR count). The third-order valence-corrected chi connectivity index (χ3v) is 17.9. The van der Waals surface area contributed by atoms with Gasteiger partial charge in [0.2, 0.25) is 47.3 Å². The fourth-order valence-corrected chi connectivity index (χ4v) is 12.1. The lowest BCUT2D eigenvalue weighted by molar-refractivity contribution is -0.152. The van der Waals surface area contributed by atoms with E-state index < -0.39 is 94.3 Å². The summed E-state index contributed by atoms with van der Waals surface area (Å²) in [4.78, 5) is 145. The second-order valence-corrected chi connectivity index (χ2v) is 26.2. The highest BCUT2D eigenvalue weighted by molar-refractivity contribution is 5.99. The molecule has 0 radical (unpaired) electrons. The Balaban J connectivity index is 0.868. The van der Waals surface area contributed by atoms with Crippen LogP contribution in [0.3, 0.4) is 0 Å². The molecule has 22 nitrogen and oxygen atoms in total. The number of hydrogen-bond acceptors (Lipinski definition) is 12. The highest BCUT2D eigenvalue weighted by Gasteiger charge is 2.46. The third-order valence-electron chi connectivity index (χ3n) is 17.9. The summed E-state index contributed by atoms with van der Waals surface area (Å²) in [5.41, 5.74) is 4.87. The van der Waals surface area contributed by atoms with Gasteiger partial charge >= 0.3 is 0 Å². The van der Waals surface area contributed by atoms with Crippen molar-refractivity contribution in [1.82, 2.24) is 62.1 Å². The maximum Gasteiger partial charge on any atom is 0.251 e. The summed E-state index contributed by atoms with van der Waals surface area (Å²) in [5.74, 6) is -4.37. The Hall–Kier alpha value is -8.50. The van der Waals surface area contributed by atoms with Crippen molar-refractivity contribution in [3.63, 3.8) is 0 Å². The molecule has 2 aliphatic carbocycles. The second-order valence-electron chi connectivity index (χ2n) is 26.2. The Kier molecular flexibility index (Phi) is 22.0. The number of nitrogens with one attached hydrogen (secondary N) is 8. The SMILES string of the molecule is CN[C@@H](C)C(=O)N[C@H](C(=O)N1CCN(C(=O)CNC(=O)c2ccc(-c3ccc(C(=O)NCC(=O)N4CCN(C(=O)[C@@H](NC(=O)[C@H](C)NC)C(C)(C)C)[C@H](C(=O)N[C@@H]5CCCc6ccccc65)C4)cc3)cc2)C[C@H]1C(=O)N[C@@H]1CCCc2ccccc21)C(C)(C)C. The largest absolute Gasteiger partial charge is 0.347 e. The second kappa shape index (κ2) is 29.4. The van der Waals surface area contributed by atoms with E-state index in [0.717, 1.165) is 59.1 Å². The molecule has 2 fully saturated rings. The van der Waals surface area contributed by atoms with Gasteiger partial charge < -0.3 is 62.1 Å². The lowest BCUT2D eigenvalue weighted by Crippen LogP contribution is -2.66. The fourth-order valence-electron chi connectivity index (χ4n) is 12.1. The van der Waals surface area contributed by atoms with Gasteiger partial charge in [-0.1, -0.05) is 114 Å². The molecule has 2 heterocycles. The zero-order valence-electron chi connectivity index (χ0n) is 53.6. The minimum Gasteiger partial charge on any atom is -0.347 e. The summed E-state index contributed by atoms with van der Waals surface area (Å²) in [5, 5.41) is 23.4. The lowest BCUT2D eigenvalue weighted by atomic mass is 9.85. The van der Waals surface area contributed by atoms with Crippen LogP contribution < -0.4 is 42.5 Å². The van der Waals surface area contributed by atoms with Gasteiger partial charge in [-0.2, -0.15) is 0 Å². The number of carbonyl (C=O) groups excluding carboxylic acids is 10. The zero-order chi connectivity index (χ0) is 65.2. The van der Waals surface area contributed by atoms with Crippen LogP contribution in [0.15, 0.2) is 97.1 Å². The molecule has 0 spiro atoms. The van der Waals surface area contributed by atoms with Crippen LogP contribution in [0.25, 0.3) is 11.1 Å². The summed E-state index contributed by atoms with van der Waals surface area (Å²) in [6.07, 6.45) is 4.91. The van der Waals surface area contributed by atoms with Crippen molar-refractivity contribution in [2.45, 2.75) is 142 Å². The van der Waals surface area contributed by atoms with Crippen molar-refractivity contribution < 1.29 is 47.9 Å². The molecule has 4 aliphatic rings. The zero-order valence-corrected chi connectivity index (χ0v) is 53.6. The van der Waals surface area contributed by atoms with E-state index in [2.05, 4.69) is 42.5 Å². The molecule has 0 unspecified atom stereocenters. The number of likely N-dealkylation sites (N-methyl/N-ethyl adjacent to an activating group) is 2. The molecule has 2 aliphatic heterocycles. The molecule has 8 N–H and O–H groups in total. The topological polar surface area (TPSA) is 280 Å². The van der Waals surface area contributed by atoms with E-state index in [-0.39, 0.29) is 87.4 Å². The van der Waals surface area contributed by atoms with Crippen molar-refractivity contribution in [2.24, 2.45) is 10.8 Å². The Morgan fingerprint density at radius 2 is 0.844 bits per heavy atom. The Morgan fingerprint density at radius 3 is 1.19 bits per heavy atom. The van der Waals surface area contributed by atoms with Gasteiger partial charge in [0.05, 0.1) is 50.3 Å². The summed E-state index contributed by atoms with van der Waals surface area (Å²) < 4.78 is 0. The third kappa shape index (κ3) is 16.3. The molecule has 2 saturated heterocycles. The van der Waals surface area contributed by atoms with Gasteiger partial charge in [0, 0.05) is 37.3 Å². The molecule has 10 amide bonds. The van der Waals surface area contributed by atoms with Crippen molar-refractivity contribution >= 4 is 59.1 Å². The normalized spacial score (nSPS) is 19.7. The highest BCUT2D eigenvalue weighted by Crippen LogP contribution is 2.33. The summed E-state index contributed by atoms with van der Waals surface area (Å²) >= 11 is 0. The van der Waals surface area contributed by atoms with Crippen LogP contribution in [-0.2, 0) is 51.2 Å². The Morgan fingerprint density at radius 1 is 0.489 bits per heavy atom. The number of aryl methyl sites for hydroxylation is 2. The molecule has 0 bridgehead atoms. The number of nitrogens with zero attached hydrogens (tertiary/aromatic N) is 4. The van der Waals surface area contributed by atoms with E-state index >= 15 is 0 Å². The quantitative estimate of drug-likeness (QED) is 0.0670. The van der Waals surface area contributed by atoms with Crippen molar-refractivity contribution in [3.05, 3.63) is 130 Å². The van der Waals surface area contributed by atoms with Crippen LogP contribution in [0.2, 0.25) is 0 Å². The van der Waals surface area contributed by atoms with Crippen LogP contribution in [-0.4, -0.2) is 181 Å². The first-order chi connectivity index (χ1) is 42.8. The number of carbonyl (C=O) groups is 10. The van der Waals surface area contributed by atoms with Crippen LogP contribution in [0.5, 0.6) is 0 Å². The van der Waals surface area contributed by atoms with Crippen LogP contribution >= 0.6 is 0 Å². The minimum absolute atomic E-state index is 0.0127. The molecular formula is C68H90N12O10. The number of fused-ring (bicyclic) bond motifs is 2. The standard InChI is InChI=1S/C68H90N12O10/c1-41(69-9)59(83)75-57(67(3,4)5)65(89)79-35-33-77(39-53(79)63(87)73-51-23-15-19-45-17-11-13-21-49(45)51)55(81)37-71-61(85)47-29-25-43(26-30-47)44-27-31-48(32-28-44)62(86)72-38-56(82)78-34-36-80(66(90)58(68(6,7)8)76-60(84)42(2)70-10)54(40-78)64(88)74-52-24-16-20-46-18-12-14-22-50(46)52/h11-14,17-18,21-22,25-32,41-42,51-54,57-58,69-70H,15-16,19-20,23-24,33-40H2,1-10H3,(H,71,85)(H,72,86)(H,73,87)(H,74,88)(H,75,83)(H,76,84)/t41-,42-,51+,52+,53-,54-,57+,58+/m0/s1. The van der Waals surface area contributed by atoms with Gasteiger partial charge in [0.15, 0.2) is 0 Å². The van der Waals surface area contributed by atoms with Gasteiger partial charge in [-0.25, -0.2) is 0 Å². The molecular weight excluding hydrogens is 1140 g/mol. The van der Waals surface area contributed by atoms with Crippen LogP contribution in [0.1, 0.15) is 136 Å². The fraction of sp³-hybridized carbons (Fsp3) is 0.500. The van der Waals surface area contributed by atoms with Crippen LogP contribution in [0, 0.1) is 10.8 Å². The van der Waals surface area contributed by atoms with Crippen molar-refractivity contribution in [1.29, 1.82) is 0 Å². The first-order valence-electron chi connectivity index (χ1n) is 31.4. The van der Waals surface area contributed by atoms with E-state index in [4.69, 9.17) is 0 Å². The molecule has 8 atom stereocenters. The molecule has 0 saturated carbocycles. The van der Waals surface area contributed by atoms with E-state index in [1.165, 1.54) is 19.6 Å². The lowest BCUT2D eigenvalue weighted by Gasteiger charge is -2.44. The smallest absolute Gasteiger partial charge is 0.251 e. The maximum absolute atomic E-state index is 14.6. The van der Waals surface area contributed by atoms with Gasteiger partial charge in [0.25, 0.3) is 11.8 Å². The average Bonchev–Trinajstić information content (AvgIpc) is 0.936. The van der Waals surface area contributed by atoms with E-state index in [1.54, 1.807) is 76.5 Å². The summed E-state index contributed by atoms with van der Waals surface area (Å²) in [7, 11) is 3.30. The highest BCUT2D eigenvalue weighted by atomic mass is 16.2. The first kappa shape index (κ1) is 67.4. The van der Waals surface area contributed by atoms with Gasteiger partial charge in [-0.15, -0.1) is 0 Å². The van der Waals surface area contributed by atoms with Gasteiger partial charge in [-0.05, 0) is 135 Å². The number of benzene rings is 4. The van der Waals surface area contributed by atoms with Crippen LogP contribution in [0.4, 0.5) is 0 Å². The Labute approximate surface area is 528 Å². The first-order valence-corrected chi connectivity index (χ1v) is 31.4. The molecule has 22 heteroatoms. The Bertz CT molecular complexity index is 3090. The summed E-state index contributed by atoms with van der Waals surface area (Å²) in [6.45, 7) is 13.6. The molecule has 4 aromatic rings. The van der Waals surface area contributed by atoms with Gasteiger partial charge in [-0.3, -0.25) is 47.9 Å². The predicted octanol–water partition coefficient (Wildman–Crippen LogP) is 3.56. The predicted molar refractivity (Wildman–Crippen MR) is 341 cm³/mol. The van der Waals surface area contributed by atoms with Crippen molar-refractivity contribution in [2.75, 3.05) is 66.5 Å². The number of amides is 10. The number of rotatable bonds is 19. The average molecular weight is 1240 g/mol. The minimum atomic E-state index is -1.09. The number of piperazine rings is 2. The van der Waals surface area contributed by atoms with Gasteiger partial charge in [0.1, 0.15) is 24.2 Å². The summed E-state index contributed by atoms with van der Waals surface area (Å²) in [6, 6.07) is 23.4.